The molecule has 0 N–H and O–H groups in total. The third kappa shape index (κ3) is 6.12. The van der Waals surface area contributed by atoms with Crippen LogP contribution in [0.15, 0.2) is 96.2 Å². The Labute approximate surface area is 205 Å². The molecular weight excluding hydrogens is 442 g/mol. The number of hydrogen-bond acceptors (Lipinski definition) is 5. The van der Waals surface area contributed by atoms with Gasteiger partial charge in [-0.1, -0.05) is 90.6 Å². The van der Waals surface area contributed by atoms with Crippen LogP contribution in [0.25, 0.3) is 17.1 Å². The van der Waals surface area contributed by atoms with E-state index in [1.54, 1.807) is 0 Å². The molecule has 0 aliphatic heterocycles. The molecule has 1 heterocycles. The van der Waals surface area contributed by atoms with Gasteiger partial charge in [0, 0.05) is 30.9 Å². The quantitative estimate of drug-likeness (QED) is 0.316. The summed E-state index contributed by atoms with van der Waals surface area (Å²) in [5.41, 5.74) is 3.07. The average molecular weight is 472 g/mol. The first kappa shape index (κ1) is 23.7. The lowest BCUT2D eigenvalue weighted by atomic mass is 10.2. The lowest BCUT2D eigenvalue weighted by molar-refractivity contribution is -0.129. The van der Waals surface area contributed by atoms with Gasteiger partial charge in [0.25, 0.3) is 0 Å². The van der Waals surface area contributed by atoms with Gasteiger partial charge in [0.15, 0.2) is 11.0 Å². The summed E-state index contributed by atoms with van der Waals surface area (Å²) in [7, 11) is 4.04. The molecule has 0 fully saturated rings. The molecule has 0 saturated carbocycles. The van der Waals surface area contributed by atoms with Crippen molar-refractivity contribution in [3.63, 3.8) is 0 Å². The molecule has 1 amide bonds. The highest BCUT2D eigenvalue weighted by molar-refractivity contribution is 7.99. The van der Waals surface area contributed by atoms with Gasteiger partial charge in [-0.2, -0.15) is 0 Å². The first-order valence-corrected chi connectivity index (χ1v) is 12.3. The standard InChI is InChI=1S/C27H29N5OS/c1-30(2)18-19-31(20-22-12-6-3-7-13-22)25(33)21-34-27-29-28-26(23-14-8-4-9-15-23)32(27)24-16-10-5-11-17-24/h3-17H,18-21H2,1-2H3. The molecule has 0 aliphatic carbocycles. The highest BCUT2D eigenvalue weighted by Gasteiger charge is 2.20. The first-order chi connectivity index (χ1) is 16.6. The summed E-state index contributed by atoms with van der Waals surface area (Å²) in [4.78, 5) is 17.3. The zero-order valence-electron chi connectivity index (χ0n) is 19.5. The van der Waals surface area contributed by atoms with Crippen molar-refractivity contribution >= 4 is 17.7 Å². The molecule has 0 atom stereocenters. The van der Waals surface area contributed by atoms with Gasteiger partial charge in [-0.3, -0.25) is 9.36 Å². The number of carbonyl (C=O) groups is 1. The van der Waals surface area contributed by atoms with E-state index in [0.717, 1.165) is 29.2 Å². The predicted molar refractivity (Wildman–Crippen MR) is 138 cm³/mol. The molecule has 7 heteroatoms. The van der Waals surface area contributed by atoms with Crippen molar-refractivity contribution in [1.82, 2.24) is 24.6 Å². The zero-order valence-corrected chi connectivity index (χ0v) is 20.4. The van der Waals surface area contributed by atoms with Crippen LogP contribution in [0.3, 0.4) is 0 Å². The Hall–Kier alpha value is -3.42. The molecule has 0 radical (unpaired) electrons. The van der Waals surface area contributed by atoms with E-state index in [1.165, 1.54) is 11.8 Å². The van der Waals surface area contributed by atoms with E-state index >= 15 is 0 Å². The topological polar surface area (TPSA) is 54.3 Å². The van der Waals surface area contributed by atoms with Gasteiger partial charge < -0.3 is 9.80 Å². The molecule has 0 spiro atoms. The van der Waals surface area contributed by atoms with Crippen LogP contribution in [0.2, 0.25) is 0 Å². The Morgan fingerprint density at radius 1 is 0.824 bits per heavy atom. The van der Waals surface area contributed by atoms with E-state index in [9.17, 15) is 4.79 Å². The van der Waals surface area contributed by atoms with Crippen molar-refractivity contribution in [3.8, 4) is 17.1 Å². The lowest BCUT2D eigenvalue weighted by Gasteiger charge is -2.24. The number of nitrogens with zero attached hydrogens (tertiary/aromatic N) is 5. The van der Waals surface area contributed by atoms with Gasteiger partial charge in [0.2, 0.25) is 5.91 Å². The molecule has 6 nitrogen and oxygen atoms in total. The van der Waals surface area contributed by atoms with Crippen LogP contribution >= 0.6 is 11.8 Å². The number of thioether (sulfide) groups is 1. The largest absolute Gasteiger partial charge is 0.336 e. The first-order valence-electron chi connectivity index (χ1n) is 11.3. The highest BCUT2D eigenvalue weighted by atomic mass is 32.2. The van der Waals surface area contributed by atoms with Gasteiger partial charge in [-0.05, 0) is 31.8 Å². The number of benzene rings is 3. The van der Waals surface area contributed by atoms with Crippen molar-refractivity contribution in [1.29, 1.82) is 0 Å². The maximum atomic E-state index is 13.3. The second-order valence-corrected chi connectivity index (χ2v) is 9.18. The molecular formula is C27H29N5OS. The van der Waals surface area contributed by atoms with E-state index in [0.29, 0.717) is 24.0 Å². The number of carbonyl (C=O) groups excluding carboxylic acids is 1. The molecule has 4 rings (SSSR count). The van der Waals surface area contributed by atoms with Crippen LogP contribution in [0, 0.1) is 0 Å². The summed E-state index contributed by atoms with van der Waals surface area (Å²) in [6.07, 6.45) is 0. The van der Waals surface area contributed by atoms with Gasteiger partial charge in [-0.25, -0.2) is 0 Å². The molecule has 34 heavy (non-hydrogen) atoms. The fraction of sp³-hybridized carbons (Fsp3) is 0.222. The summed E-state index contributed by atoms with van der Waals surface area (Å²) in [6, 6.07) is 30.1. The highest BCUT2D eigenvalue weighted by Crippen LogP contribution is 2.28. The van der Waals surface area contributed by atoms with Gasteiger partial charge in [0.05, 0.1) is 5.75 Å². The van der Waals surface area contributed by atoms with Crippen molar-refractivity contribution < 1.29 is 4.79 Å². The average Bonchev–Trinajstić information content (AvgIpc) is 3.30. The van der Waals surface area contributed by atoms with Crippen LogP contribution in [0.5, 0.6) is 0 Å². The predicted octanol–water partition coefficient (Wildman–Crippen LogP) is 4.62. The van der Waals surface area contributed by atoms with Crippen LogP contribution < -0.4 is 0 Å². The Kier molecular flexibility index (Phi) is 8.12. The Bertz CT molecular complexity index is 1180. The maximum absolute atomic E-state index is 13.3. The third-order valence-electron chi connectivity index (χ3n) is 5.39. The normalized spacial score (nSPS) is 11.0. The van der Waals surface area contributed by atoms with Crippen LogP contribution in [0.1, 0.15) is 5.56 Å². The van der Waals surface area contributed by atoms with E-state index in [1.807, 2.05) is 102 Å². The monoisotopic (exact) mass is 471 g/mol. The van der Waals surface area contributed by atoms with Crippen molar-refractivity contribution in [2.45, 2.75) is 11.7 Å². The zero-order chi connectivity index (χ0) is 23.8. The maximum Gasteiger partial charge on any atom is 0.233 e. The molecule has 4 aromatic rings. The van der Waals surface area contributed by atoms with Crippen LogP contribution in [0.4, 0.5) is 0 Å². The summed E-state index contributed by atoms with van der Waals surface area (Å²) < 4.78 is 2.02. The van der Waals surface area contributed by atoms with Crippen molar-refractivity contribution in [2.24, 2.45) is 0 Å². The second kappa shape index (κ2) is 11.6. The van der Waals surface area contributed by atoms with Gasteiger partial charge in [-0.15, -0.1) is 10.2 Å². The van der Waals surface area contributed by atoms with Crippen molar-refractivity contribution in [2.75, 3.05) is 32.9 Å². The summed E-state index contributed by atoms with van der Waals surface area (Å²) >= 11 is 1.42. The molecule has 1 aromatic heterocycles. The number of amides is 1. The third-order valence-corrected chi connectivity index (χ3v) is 6.30. The van der Waals surface area contributed by atoms with Crippen LogP contribution in [-0.4, -0.2) is 63.4 Å². The summed E-state index contributed by atoms with van der Waals surface area (Å²) in [6.45, 7) is 2.07. The Balaban J connectivity index is 1.55. The number of hydrogen-bond donors (Lipinski definition) is 0. The second-order valence-electron chi connectivity index (χ2n) is 8.24. The molecule has 3 aromatic carbocycles. The van der Waals surface area contributed by atoms with Gasteiger partial charge in [0.1, 0.15) is 0 Å². The van der Waals surface area contributed by atoms with E-state index < -0.39 is 0 Å². The van der Waals surface area contributed by atoms with E-state index in [2.05, 4.69) is 27.2 Å². The minimum atomic E-state index is 0.0829. The summed E-state index contributed by atoms with van der Waals surface area (Å²) in [5.74, 6) is 1.13. The molecule has 174 valence electrons. The van der Waals surface area contributed by atoms with Gasteiger partial charge >= 0.3 is 0 Å². The number of aromatic nitrogens is 3. The Morgan fingerprint density at radius 2 is 1.44 bits per heavy atom. The SMILES string of the molecule is CN(C)CCN(Cc1ccccc1)C(=O)CSc1nnc(-c2ccccc2)n1-c1ccccc1. The smallest absolute Gasteiger partial charge is 0.233 e. The number of rotatable bonds is 10. The molecule has 0 saturated heterocycles. The fourth-order valence-corrected chi connectivity index (χ4v) is 4.44. The molecule has 0 bridgehead atoms. The lowest BCUT2D eigenvalue weighted by Crippen LogP contribution is -2.37. The van der Waals surface area contributed by atoms with E-state index in [-0.39, 0.29) is 5.91 Å². The summed E-state index contributed by atoms with van der Waals surface area (Å²) in [5, 5.41) is 9.63. The molecule has 0 aliphatic rings. The van der Waals surface area contributed by atoms with Crippen LogP contribution in [-0.2, 0) is 11.3 Å². The Morgan fingerprint density at radius 3 is 2.09 bits per heavy atom. The number of likely N-dealkylation sites (N-methyl/N-ethyl adjacent to an activating group) is 1. The minimum absolute atomic E-state index is 0.0829. The van der Waals surface area contributed by atoms with Crippen molar-refractivity contribution in [3.05, 3.63) is 96.6 Å². The van der Waals surface area contributed by atoms with E-state index in [4.69, 9.17) is 0 Å². The fourth-order valence-electron chi connectivity index (χ4n) is 3.58. The number of para-hydroxylation sites is 1. The molecule has 0 unspecified atom stereocenters. The minimum Gasteiger partial charge on any atom is -0.336 e.